The fourth-order valence-corrected chi connectivity index (χ4v) is 5.18. The van der Waals surface area contributed by atoms with Crippen molar-refractivity contribution in [1.82, 2.24) is 19.7 Å². The summed E-state index contributed by atoms with van der Waals surface area (Å²) in [5.74, 6) is 0.573. The number of aromatic nitrogens is 4. The standard InChI is InChI=1S/C31H38N6O3/c1-7-40-31(38)26-18-25(21-11-12-27(32-19-21)36(6)22-13-15-39-16-14-22)28-29(20(2)3)34-37(30(28)33-26)24-10-8-9-23(17-24)35(4)5/h8-12,17-20,22H,7,13-16H2,1-6H3. The van der Waals surface area contributed by atoms with Gasteiger partial charge in [0.05, 0.1) is 23.4 Å². The fraction of sp³-hybridized carbons (Fsp3) is 0.419. The van der Waals surface area contributed by atoms with E-state index in [1.165, 1.54) is 0 Å². The Balaban J connectivity index is 1.68. The monoisotopic (exact) mass is 542 g/mol. The van der Waals surface area contributed by atoms with E-state index in [2.05, 4.69) is 37.9 Å². The molecule has 1 aromatic carbocycles. The van der Waals surface area contributed by atoms with Gasteiger partial charge in [-0.1, -0.05) is 19.9 Å². The van der Waals surface area contributed by atoms with Gasteiger partial charge in [-0.25, -0.2) is 19.4 Å². The van der Waals surface area contributed by atoms with Crippen LogP contribution in [0.15, 0.2) is 48.7 Å². The van der Waals surface area contributed by atoms with E-state index in [0.29, 0.717) is 11.7 Å². The lowest BCUT2D eigenvalue weighted by Crippen LogP contribution is -2.37. The molecular weight excluding hydrogens is 504 g/mol. The molecule has 0 aliphatic carbocycles. The van der Waals surface area contributed by atoms with Crippen LogP contribution in [-0.4, -0.2) is 72.7 Å². The lowest BCUT2D eigenvalue weighted by molar-refractivity contribution is 0.0520. The summed E-state index contributed by atoms with van der Waals surface area (Å²) in [7, 11) is 6.10. The molecule has 3 aromatic heterocycles. The highest BCUT2D eigenvalue weighted by Crippen LogP contribution is 2.36. The van der Waals surface area contributed by atoms with Gasteiger partial charge in [-0.3, -0.25) is 0 Å². The summed E-state index contributed by atoms with van der Waals surface area (Å²) in [6.45, 7) is 7.86. The SMILES string of the molecule is CCOC(=O)c1cc(-c2ccc(N(C)C3CCOCC3)nc2)c2c(C(C)C)nn(-c3cccc(N(C)C)c3)c2n1. The second kappa shape index (κ2) is 11.6. The summed E-state index contributed by atoms with van der Waals surface area (Å²) >= 11 is 0. The summed E-state index contributed by atoms with van der Waals surface area (Å²) in [6.07, 6.45) is 3.85. The highest BCUT2D eigenvalue weighted by Gasteiger charge is 2.25. The van der Waals surface area contributed by atoms with Crippen molar-refractivity contribution < 1.29 is 14.3 Å². The molecule has 210 valence electrons. The number of benzene rings is 1. The van der Waals surface area contributed by atoms with Crippen LogP contribution < -0.4 is 9.80 Å². The molecule has 0 radical (unpaired) electrons. The molecule has 4 heterocycles. The molecule has 9 heteroatoms. The van der Waals surface area contributed by atoms with Crippen LogP contribution >= 0.6 is 0 Å². The molecule has 5 rings (SSSR count). The number of esters is 1. The zero-order valence-electron chi connectivity index (χ0n) is 24.2. The predicted octanol–water partition coefficient (Wildman–Crippen LogP) is 5.46. The number of ether oxygens (including phenoxy) is 2. The van der Waals surface area contributed by atoms with E-state index in [1.807, 2.05) is 60.2 Å². The van der Waals surface area contributed by atoms with E-state index in [-0.39, 0.29) is 18.2 Å². The number of carbonyl (C=O) groups excluding carboxylic acids is 1. The molecular formula is C31H38N6O3. The largest absolute Gasteiger partial charge is 0.461 e. The minimum absolute atomic E-state index is 0.127. The number of carbonyl (C=O) groups is 1. The van der Waals surface area contributed by atoms with Crippen molar-refractivity contribution in [1.29, 1.82) is 0 Å². The van der Waals surface area contributed by atoms with Crippen molar-refractivity contribution in [2.45, 2.75) is 45.6 Å². The molecule has 0 amide bonds. The second-order valence-electron chi connectivity index (χ2n) is 10.7. The van der Waals surface area contributed by atoms with Crippen LogP contribution in [0.1, 0.15) is 55.7 Å². The van der Waals surface area contributed by atoms with Crippen molar-refractivity contribution in [2.75, 3.05) is 50.8 Å². The van der Waals surface area contributed by atoms with Crippen LogP contribution in [0.5, 0.6) is 0 Å². The first-order valence-electron chi connectivity index (χ1n) is 13.9. The van der Waals surface area contributed by atoms with Gasteiger partial charge in [-0.2, -0.15) is 5.10 Å². The smallest absolute Gasteiger partial charge is 0.357 e. The molecule has 0 atom stereocenters. The highest BCUT2D eigenvalue weighted by molar-refractivity contribution is 6.00. The Kier molecular flexibility index (Phi) is 8.02. The number of pyridine rings is 2. The van der Waals surface area contributed by atoms with Crippen LogP contribution in [0, 0.1) is 0 Å². The number of rotatable bonds is 8. The second-order valence-corrected chi connectivity index (χ2v) is 10.7. The van der Waals surface area contributed by atoms with Crippen molar-refractivity contribution in [3.8, 4) is 16.8 Å². The maximum Gasteiger partial charge on any atom is 0.357 e. The molecule has 0 spiro atoms. The summed E-state index contributed by atoms with van der Waals surface area (Å²) in [4.78, 5) is 26.9. The minimum atomic E-state index is -0.463. The number of fused-ring (bicyclic) bond motifs is 1. The molecule has 1 fully saturated rings. The van der Waals surface area contributed by atoms with Crippen LogP contribution in [-0.2, 0) is 9.47 Å². The average molecular weight is 543 g/mol. The van der Waals surface area contributed by atoms with E-state index < -0.39 is 5.97 Å². The van der Waals surface area contributed by atoms with Crippen LogP contribution in [0.25, 0.3) is 27.8 Å². The molecule has 1 aliphatic heterocycles. The third-order valence-corrected chi connectivity index (χ3v) is 7.45. The van der Waals surface area contributed by atoms with Gasteiger partial charge in [-0.05, 0) is 67.6 Å². The highest BCUT2D eigenvalue weighted by atomic mass is 16.5. The lowest BCUT2D eigenvalue weighted by atomic mass is 9.98. The summed E-state index contributed by atoms with van der Waals surface area (Å²) < 4.78 is 12.7. The zero-order chi connectivity index (χ0) is 28.4. The van der Waals surface area contributed by atoms with Gasteiger partial charge in [0, 0.05) is 57.8 Å². The van der Waals surface area contributed by atoms with Gasteiger partial charge >= 0.3 is 5.97 Å². The zero-order valence-corrected chi connectivity index (χ0v) is 24.2. The van der Waals surface area contributed by atoms with E-state index in [9.17, 15) is 4.79 Å². The predicted molar refractivity (Wildman–Crippen MR) is 159 cm³/mol. The van der Waals surface area contributed by atoms with Crippen LogP contribution in [0.2, 0.25) is 0 Å². The average Bonchev–Trinajstić information content (AvgIpc) is 3.37. The van der Waals surface area contributed by atoms with Crippen molar-refractivity contribution >= 4 is 28.5 Å². The number of nitrogens with zero attached hydrogens (tertiary/aromatic N) is 6. The third-order valence-electron chi connectivity index (χ3n) is 7.45. The quantitative estimate of drug-likeness (QED) is 0.271. The Morgan fingerprint density at radius 2 is 1.90 bits per heavy atom. The first-order valence-corrected chi connectivity index (χ1v) is 13.9. The Morgan fingerprint density at radius 3 is 2.55 bits per heavy atom. The van der Waals surface area contributed by atoms with Crippen LogP contribution in [0.3, 0.4) is 0 Å². The van der Waals surface area contributed by atoms with Crippen molar-refractivity contribution in [2.24, 2.45) is 0 Å². The molecule has 1 saturated heterocycles. The molecule has 40 heavy (non-hydrogen) atoms. The molecule has 4 aromatic rings. The molecule has 1 aliphatic rings. The number of anilines is 2. The molecule has 0 N–H and O–H groups in total. The molecule has 0 unspecified atom stereocenters. The fourth-order valence-electron chi connectivity index (χ4n) is 5.18. The van der Waals surface area contributed by atoms with E-state index in [4.69, 9.17) is 24.5 Å². The first-order chi connectivity index (χ1) is 19.3. The lowest BCUT2D eigenvalue weighted by Gasteiger charge is -2.32. The van der Waals surface area contributed by atoms with Gasteiger partial charge in [-0.15, -0.1) is 0 Å². The summed E-state index contributed by atoms with van der Waals surface area (Å²) in [5, 5.41) is 5.95. The Morgan fingerprint density at radius 1 is 1.12 bits per heavy atom. The van der Waals surface area contributed by atoms with Crippen molar-refractivity contribution in [3.05, 3.63) is 60.0 Å². The van der Waals surface area contributed by atoms with Gasteiger partial charge in [0.15, 0.2) is 11.3 Å². The first kappa shape index (κ1) is 27.6. The topological polar surface area (TPSA) is 85.6 Å². The summed E-state index contributed by atoms with van der Waals surface area (Å²) in [5.41, 5.74) is 5.43. The van der Waals surface area contributed by atoms with Crippen molar-refractivity contribution in [3.63, 3.8) is 0 Å². The van der Waals surface area contributed by atoms with E-state index in [0.717, 1.165) is 65.5 Å². The maximum absolute atomic E-state index is 13.0. The van der Waals surface area contributed by atoms with E-state index >= 15 is 0 Å². The Labute approximate surface area is 235 Å². The Hall–Kier alpha value is -3.98. The van der Waals surface area contributed by atoms with Gasteiger partial charge in [0.25, 0.3) is 0 Å². The Bertz CT molecular complexity index is 1490. The molecule has 0 saturated carbocycles. The molecule has 0 bridgehead atoms. The normalized spacial score (nSPS) is 14.1. The van der Waals surface area contributed by atoms with Gasteiger partial charge in [0.2, 0.25) is 0 Å². The third kappa shape index (κ3) is 5.38. The van der Waals surface area contributed by atoms with Gasteiger partial charge < -0.3 is 19.3 Å². The maximum atomic E-state index is 13.0. The molecule has 9 nitrogen and oxygen atoms in total. The number of hydrogen-bond acceptors (Lipinski definition) is 8. The van der Waals surface area contributed by atoms with Crippen LogP contribution in [0.4, 0.5) is 11.5 Å². The minimum Gasteiger partial charge on any atom is -0.461 e. The summed E-state index contributed by atoms with van der Waals surface area (Å²) in [6, 6.07) is 14.4. The van der Waals surface area contributed by atoms with E-state index in [1.54, 1.807) is 6.92 Å². The van der Waals surface area contributed by atoms with Gasteiger partial charge in [0.1, 0.15) is 5.82 Å². The number of hydrogen-bond donors (Lipinski definition) is 0.